The topological polar surface area (TPSA) is 139 Å². The number of piperidine rings is 1. The number of hydrogen-bond acceptors (Lipinski definition) is 6. The van der Waals surface area contributed by atoms with Crippen LogP contribution in [0, 0.1) is 40.2 Å². The van der Waals surface area contributed by atoms with Gasteiger partial charge in [-0.1, -0.05) is 0 Å². The van der Waals surface area contributed by atoms with E-state index in [1.54, 1.807) is 20.8 Å². The van der Waals surface area contributed by atoms with Crippen LogP contribution < -0.4 is 10.9 Å². The number of benzene rings is 2. The van der Waals surface area contributed by atoms with Crippen molar-refractivity contribution in [3.8, 4) is 12.1 Å². The lowest BCUT2D eigenvalue weighted by Gasteiger charge is -2.35. The number of H-pyrrole nitrogens is 1. The van der Waals surface area contributed by atoms with E-state index in [1.165, 1.54) is 17.0 Å². The summed E-state index contributed by atoms with van der Waals surface area (Å²) in [6, 6.07) is 6.40. The van der Waals surface area contributed by atoms with Gasteiger partial charge in [0.25, 0.3) is 5.56 Å². The molecule has 9 nitrogen and oxygen atoms in total. The number of nitriles is 2. The first-order valence-corrected chi connectivity index (χ1v) is 13.0. The smallest absolute Gasteiger partial charge is 0.411 e. The highest BCUT2D eigenvalue weighted by molar-refractivity contribution is 6.06. The van der Waals surface area contributed by atoms with Gasteiger partial charge < -0.3 is 15.0 Å². The molecule has 1 aliphatic carbocycles. The van der Waals surface area contributed by atoms with Crippen molar-refractivity contribution in [2.45, 2.75) is 70.2 Å². The van der Waals surface area contributed by atoms with Crippen molar-refractivity contribution in [2.75, 3.05) is 0 Å². The summed E-state index contributed by atoms with van der Waals surface area (Å²) in [5.74, 6) is -2.16. The van der Waals surface area contributed by atoms with Gasteiger partial charge in [0.2, 0.25) is 5.91 Å². The lowest BCUT2D eigenvalue weighted by Crippen LogP contribution is -2.55. The summed E-state index contributed by atoms with van der Waals surface area (Å²) in [5, 5.41) is 22.0. The Labute approximate surface area is 228 Å². The van der Waals surface area contributed by atoms with Crippen molar-refractivity contribution < 1.29 is 23.1 Å². The van der Waals surface area contributed by atoms with Crippen molar-refractivity contribution in [1.82, 2.24) is 15.2 Å². The van der Waals surface area contributed by atoms with Gasteiger partial charge in [-0.2, -0.15) is 10.5 Å². The molecule has 2 aromatic carbocycles. The van der Waals surface area contributed by atoms with Gasteiger partial charge in [0.1, 0.15) is 29.3 Å². The van der Waals surface area contributed by atoms with Crippen molar-refractivity contribution in [3.05, 3.63) is 57.4 Å². The van der Waals surface area contributed by atoms with E-state index in [-0.39, 0.29) is 51.2 Å². The molecule has 1 saturated heterocycles. The number of nitrogens with zero attached hydrogens (tertiary/aromatic N) is 3. The number of carbonyl (C=O) groups is 2. The largest absolute Gasteiger partial charge is 0.444 e. The van der Waals surface area contributed by atoms with Gasteiger partial charge >= 0.3 is 6.09 Å². The number of aromatic amines is 1. The predicted molar refractivity (Wildman–Crippen MR) is 141 cm³/mol. The number of likely N-dealkylation sites (tertiary alicyclic amines) is 1. The monoisotopic (exact) mass is 547 g/mol. The molecule has 40 heavy (non-hydrogen) atoms. The van der Waals surface area contributed by atoms with Gasteiger partial charge in [-0.25, -0.2) is 13.6 Å². The molecular weight excluding hydrogens is 520 g/mol. The molecule has 11 heteroatoms. The Bertz CT molecular complexity index is 1700. The summed E-state index contributed by atoms with van der Waals surface area (Å²) in [4.78, 5) is 42.9. The van der Waals surface area contributed by atoms with Crippen LogP contribution in [0.25, 0.3) is 21.7 Å². The minimum Gasteiger partial charge on any atom is -0.444 e. The van der Waals surface area contributed by atoms with Gasteiger partial charge in [0.15, 0.2) is 0 Å². The second-order valence-electron chi connectivity index (χ2n) is 11.4. The minimum absolute atomic E-state index is 0.00180. The Hall–Kier alpha value is -4.51. The molecule has 3 aromatic rings. The predicted octanol–water partition coefficient (Wildman–Crippen LogP) is 4.17. The lowest BCUT2D eigenvalue weighted by molar-refractivity contribution is -0.128. The fraction of sp³-hybridized carbons (Fsp3) is 0.414. The highest BCUT2D eigenvalue weighted by atomic mass is 19.1. The summed E-state index contributed by atoms with van der Waals surface area (Å²) in [6.07, 6.45) is 1.36. The van der Waals surface area contributed by atoms with Gasteiger partial charge in [-0.05, 0) is 81.2 Å². The average Bonchev–Trinajstić information content (AvgIpc) is 3.50. The second kappa shape index (κ2) is 9.91. The number of amides is 2. The van der Waals surface area contributed by atoms with Crippen molar-refractivity contribution in [2.24, 2.45) is 5.92 Å². The van der Waals surface area contributed by atoms with Crippen molar-refractivity contribution in [1.29, 1.82) is 10.5 Å². The van der Waals surface area contributed by atoms with Crippen molar-refractivity contribution >= 4 is 33.7 Å². The van der Waals surface area contributed by atoms with E-state index in [9.17, 15) is 29.3 Å². The fourth-order valence-corrected chi connectivity index (χ4v) is 5.89. The fourth-order valence-electron chi connectivity index (χ4n) is 5.89. The van der Waals surface area contributed by atoms with Gasteiger partial charge in [0.05, 0.1) is 23.2 Å². The maximum Gasteiger partial charge on any atom is 0.411 e. The second-order valence-corrected chi connectivity index (χ2v) is 11.4. The number of ether oxygens (including phenoxy) is 1. The first-order valence-electron chi connectivity index (χ1n) is 13.0. The summed E-state index contributed by atoms with van der Waals surface area (Å²) < 4.78 is 35.3. The number of halogens is 2. The Morgan fingerprint density at radius 1 is 1.12 bits per heavy atom. The Morgan fingerprint density at radius 2 is 1.88 bits per heavy atom. The van der Waals surface area contributed by atoms with E-state index in [0.29, 0.717) is 6.42 Å². The van der Waals surface area contributed by atoms with E-state index < -0.39 is 46.9 Å². The normalized spacial score (nSPS) is 20.8. The Balaban J connectivity index is 1.42. The van der Waals surface area contributed by atoms with Gasteiger partial charge in [-0.3, -0.25) is 14.5 Å². The number of rotatable bonds is 4. The number of aromatic nitrogens is 1. The Kier molecular flexibility index (Phi) is 6.70. The molecule has 2 heterocycles. The molecule has 206 valence electrons. The number of hydrogen-bond donors (Lipinski definition) is 2. The quantitative estimate of drug-likeness (QED) is 0.470. The molecule has 0 unspecified atom stereocenters. The van der Waals surface area contributed by atoms with Gasteiger partial charge in [-0.15, -0.1) is 0 Å². The molecule has 5 rings (SSSR count). The first-order chi connectivity index (χ1) is 18.9. The third-order valence-corrected chi connectivity index (χ3v) is 7.53. The van der Waals surface area contributed by atoms with Crippen LogP contribution in [0.2, 0.25) is 0 Å². The van der Waals surface area contributed by atoms with Crippen LogP contribution in [0.5, 0.6) is 0 Å². The van der Waals surface area contributed by atoms with Crippen LogP contribution >= 0.6 is 0 Å². The van der Waals surface area contributed by atoms with Crippen LogP contribution in [0.3, 0.4) is 0 Å². The molecule has 1 aromatic heterocycles. The third-order valence-electron chi connectivity index (χ3n) is 7.53. The summed E-state index contributed by atoms with van der Waals surface area (Å²) in [5.41, 5.74) is -1.55. The lowest BCUT2D eigenvalue weighted by atomic mass is 9.96. The van der Waals surface area contributed by atoms with E-state index in [0.717, 1.165) is 25.0 Å². The molecule has 0 radical (unpaired) electrons. The molecule has 1 aliphatic heterocycles. The molecule has 2 fully saturated rings. The summed E-state index contributed by atoms with van der Waals surface area (Å²) in [6.45, 7) is 5.22. The van der Waals surface area contributed by atoms with Crippen LogP contribution in [0.1, 0.15) is 51.2 Å². The molecular formula is C29H27F2N5O4. The van der Waals surface area contributed by atoms with E-state index in [4.69, 9.17) is 4.74 Å². The zero-order valence-corrected chi connectivity index (χ0v) is 22.2. The third kappa shape index (κ3) is 4.84. The average molecular weight is 548 g/mol. The van der Waals surface area contributed by atoms with Crippen LogP contribution in [0.15, 0.2) is 29.1 Å². The molecule has 1 saturated carbocycles. The summed E-state index contributed by atoms with van der Waals surface area (Å²) in [7, 11) is 0. The molecule has 2 amide bonds. The molecule has 4 atom stereocenters. The molecule has 2 aliphatic rings. The van der Waals surface area contributed by atoms with E-state index in [2.05, 4.69) is 10.3 Å². The maximum absolute atomic E-state index is 15.3. The molecule has 0 spiro atoms. The zero-order chi connectivity index (χ0) is 28.9. The van der Waals surface area contributed by atoms with Gasteiger partial charge in [0, 0.05) is 23.2 Å². The van der Waals surface area contributed by atoms with E-state index in [1.807, 2.05) is 12.1 Å². The highest BCUT2D eigenvalue weighted by Gasteiger charge is 2.52. The van der Waals surface area contributed by atoms with Crippen LogP contribution in [-0.2, 0) is 16.0 Å². The number of fused-ring (bicyclic) bond motifs is 5. The SMILES string of the molecule is CC(C)(C)OC(=O)N1[C@@H]2CC[C@@H](C2)[C@H]1C(=O)N[C@H](C#N)Cc1cc2c(=O)[nH]c3c(F)cc(C#N)cc3c2cc1F. The van der Waals surface area contributed by atoms with Crippen LogP contribution in [0.4, 0.5) is 13.6 Å². The van der Waals surface area contributed by atoms with Crippen molar-refractivity contribution in [3.63, 3.8) is 0 Å². The number of pyridine rings is 1. The number of nitrogens with one attached hydrogen (secondary N) is 2. The molecule has 2 bridgehead atoms. The first kappa shape index (κ1) is 27.1. The van der Waals surface area contributed by atoms with Crippen LogP contribution in [-0.4, -0.2) is 45.6 Å². The Morgan fingerprint density at radius 3 is 2.55 bits per heavy atom. The number of carbonyl (C=O) groups excluding carboxylic acids is 2. The zero-order valence-electron chi connectivity index (χ0n) is 22.2. The standard InChI is InChI=1S/C29H27F2N5O4/c1-29(2,3)40-28(39)36-18-5-4-15(9-18)25(36)27(38)34-17(13-33)8-16-10-21-19(11-22(16)30)20-6-14(12-32)7-23(31)24(20)35-26(21)37/h6-7,10-11,15,17-18,25H,4-5,8-9H2,1-3H3,(H,34,38)(H,35,37)/t15-,17-,18+,25-/m0/s1. The highest BCUT2D eigenvalue weighted by Crippen LogP contribution is 2.43. The minimum atomic E-state index is -1.15. The maximum atomic E-state index is 15.3. The summed E-state index contributed by atoms with van der Waals surface area (Å²) >= 11 is 0. The van der Waals surface area contributed by atoms with E-state index >= 15 is 4.39 Å². The molecule has 2 N–H and O–H groups in total.